The molecule has 0 radical (unpaired) electrons. The molecule has 2 aromatic heterocycles. The second kappa shape index (κ2) is 5.29. The van der Waals surface area contributed by atoms with Crippen molar-refractivity contribution in [3.63, 3.8) is 0 Å². The highest BCUT2D eigenvalue weighted by molar-refractivity contribution is 9.10. The molecule has 0 saturated heterocycles. The van der Waals surface area contributed by atoms with Gasteiger partial charge in [-0.3, -0.25) is 9.67 Å². The molecule has 0 aliphatic rings. The predicted octanol–water partition coefficient (Wildman–Crippen LogP) is 1.68. The van der Waals surface area contributed by atoms with Gasteiger partial charge in [0.2, 0.25) is 0 Å². The highest BCUT2D eigenvalue weighted by atomic mass is 79.9. The average molecular weight is 297 g/mol. The van der Waals surface area contributed by atoms with E-state index >= 15 is 0 Å². The number of hydrogen-bond donors (Lipinski definition) is 2. The van der Waals surface area contributed by atoms with Crippen molar-refractivity contribution in [3.05, 3.63) is 40.4 Å². The molecule has 0 aromatic carbocycles. The zero-order chi connectivity index (χ0) is 12.3. The van der Waals surface area contributed by atoms with Gasteiger partial charge in [-0.1, -0.05) is 0 Å². The Balaban J connectivity index is 2.09. The molecule has 0 fully saturated rings. The van der Waals surface area contributed by atoms with Crippen LogP contribution in [-0.2, 0) is 20.2 Å². The molecule has 0 aliphatic heterocycles. The molecule has 0 saturated carbocycles. The maximum atomic E-state index is 9.18. The van der Waals surface area contributed by atoms with Crippen LogP contribution in [0.25, 0.3) is 0 Å². The van der Waals surface area contributed by atoms with Crippen molar-refractivity contribution in [2.45, 2.75) is 13.2 Å². The Morgan fingerprint density at radius 1 is 1.53 bits per heavy atom. The van der Waals surface area contributed by atoms with Gasteiger partial charge in [0.1, 0.15) is 0 Å². The van der Waals surface area contributed by atoms with E-state index in [-0.39, 0.29) is 6.61 Å². The molecule has 90 valence electrons. The van der Waals surface area contributed by atoms with Gasteiger partial charge in [0, 0.05) is 25.0 Å². The largest absolute Gasteiger partial charge is 0.392 e. The number of aliphatic hydroxyl groups excluding tert-OH is 1. The molecule has 2 aromatic rings. The second-order valence-corrected chi connectivity index (χ2v) is 4.50. The molecular weight excluding hydrogens is 284 g/mol. The van der Waals surface area contributed by atoms with Gasteiger partial charge >= 0.3 is 0 Å². The summed E-state index contributed by atoms with van der Waals surface area (Å²) in [6.45, 7) is 0.578. The molecular formula is C11H13BrN4O. The summed E-state index contributed by atoms with van der Waals surface area (Å²) in [4.78, 5) is 4.02. The standard InChI is InChI=1S/C11H13BrN4O/c1-16-6-9(12)11(15-16)5-14-10-4-13-3-2-8(10)7-17/h2-4,6,14,17H,5,7H2,1H3. The van der Waals surface area contributed by atoms with Gasteiger partial charge in [-0.25, -0.2) is 0 Å². The lowest BCUT2D eigenvalue weighted by Crippen LogP contribution is -2.04. The summed E-state index contributed by atoms with van der Waals surface area (Å²) in [6.07, 6.45) is 5.25. The van der Waals surface area contributed by atoms with E-state index in [1.807, 2.05) is 13.2 Å². The fourth-order valence-electron chi connectivity index (χ4n) is 1.52. The van der Waals surface area contributed by atoms with Crippen LogP contribution in [0.1, 0.15) is 11.3 Å². The summed E-state index contributed by atoms with van der Waals surface area (Å²) in [6, 6.07) is 1.79. The van der Waals surface area contributed by atoms with Crippen molar-refractivity contribution in [1.82, 2.24) is 14.8 Å². The van der Waals surface area contributed by atoms with Gasteiger partial charge in [0.15, 0.2) is 0 Å². The van der Waals surface area contributed by atoms with Crippen LogP contribution in [0, 0.1) is 0 Å². The van der Waals surface area contributed by atoms with Crippen LogP contribution in [0.2, 0.25) is 0 Å². The van der Waals surface area contributed by atoms with E-state index < -0.39 is 0 Å². The van der Waals surface area contributed by atoms with Crippen LogP contribution in [0.3, 0.4) is 0 Å². The first-order valence-electron chi connectivity index (χ1n) is 5.16. The maximum absolute atomic E-state index is 9.18. The molecule has 2 rings (SSSR count). The molecule has 2 heterocycles. The van der Waals surface area contributed by atoms with Crippen LogP contribution in [0.5, 0.6) is 0 Å². The summed E-state index contributed by atoms with van der Waals surface area (Å²) >= 11 is 3.44. The van der Waals surface area contributed by atoms with E-state index in [9.17, 15) is 5.11 Å². The molecule has 0 amide bonds. The molecule has 0 atom stereocenters. The molecule has 5 nitrogen and oxygen atoms in total. The number of aryl methyl sites for hydroxylation is 1. The third-order valence-electron chi connectivity index (χ3n) is 2.38. The lowest BCUT2D eigenvalue weighted by molar-refractivity contribution is 0.282. The van der Waals surface area contributed by atoms with Crippen molar-refractivity contribution >= 4 is 21.6 Å². The third kappa shape index (κ3) is 2.83. The van der Waals surface area contributed by atoms with Gasteiger partial charge < -0.3 is 10.4 Å². The Labute approximate surface area is 108 Å². The molecule has 0 aliphatic carbocycles. The van der Waals surface area contributed by atoms with Crippen molar-refractivity contribution in [1.29, 1.82) is 0 Å². The summed E-state index contributed by atoms with van der Waals surface area (Å²) in [5, 5.41) is 16.7. The summed E-state index contributed by atoms with van der Waals surface area (Å²) in [7, 11) is 1.87. The van der Waals surface area contributed by atoms with Crippen LogP contribution in [-0.4, -0.2) is 19.9 Å². The van der Waals surface area contributed by atoms with E-state index in [1.165, 1.54) is 0 Å². The van der Waals surface area contributed by atoms with Gasteiger partial charge in [0.25, 0.3) is 0 Å². The van der Waals surface area contributed by atoms with Gasteiger partial charge in [-0.15, -0.1) is 0 Å². The fraction of sp³-hybridized carbons (Fsp3) is 0.273. The number of nitrogens with zero attached hydrogens (tertiary/aromatic N) is 3. The van der Waals surface area contributed by atoms with Gasteiger partial charge in [-0.2, -0.15) is 5.10 Å². The second-order valence-electron chi connectivity index (χ2n) is 3.64. The number of halogens is 1. The smallest absolute Gasteiger partial charge is 0.0957 e. The monoisotopic (exact) mass is 296 g/mol. The van der Waals surface area contributed by atoms with Crippen LogP contribution in [0.4, 0.5) is 5.69 Å². The first kappa shape index (κ1) is 12.1. The van der Waals surface area contributed by atoms with Crippen molar-refractivity contribution in [2.75, 3.05) is 5.32 Å². The fourth-order valence-corrected chi connectivity index (χ4v) is 2.04. The average Bonchev–Trinajstić information content (AvgIpc) is 2.65. The number of hydrogen-bond acceptors (Lipinski definition) is 4. The number of pyridine rings is 1. The minimum atomic E-state index is -0.00571. The zero-order valence-corrected chi connectivity index (χ0v) is 11.0. The molecule has 17 heavy (non-hydrogen) atoms. The molecule has 0 unspecified atom stereocenters. The van der Waals surface area contributed by atoms with E-state index in [0.29, 0.717) is 6.54 Å². The minimum Gasteiger partial charge on any atom is -0.392 e. The predicted molar refractivity (Wildman–Crippen MR) is 68.4 cm³/mol. The topological polar surface area (TPSA) is 63.0 Å². The molecule has 0 bridgehead atoms. The normalized spacial score (nSPS) is 10.5. The van der Waals surface area contributed by atoms with Gasteiger partial charge in [-0.05, 0) is 22.0 Å². The Morgan fingerprint density at radius 2 is 2.35 bits per heavy atom. The lowest BCUT2D eigenvalue weighted by Gasteiger charge is -2.08. The Kier molecular flexibility index (Phi) is 3.75. The maximum Gasteiger partial charge on any atom is 0.0957 e. The Hall–Kier alpha value is -1.40. The SMILES string of the molecule is Cn1cc(Br)c(CNc2cnccc2CO)n1. The number of aliphatic hydroxyl groups is 1. The highest BCUT2D eigenvalue weighted by Gasteiger charge is 2.06. The summed E-state index contributed by atoms with van der Waals surface area (Å²) in [5.41, 5.74) is 2.57. The van der Waals surface area contributed by atoms with Crippen LogP contribution >= 0.6 is 15.9 Å². The Bertz CT molecular complexity index is 512. The first-order valence-corrected chi connectivity index (χ1v) is 5.95. The van der Waals surface area contributed by atoms with E-state index in [0.717, 1.165) is 21.4 Å². The summed E-state index contributed by atoms with van der Waals surface area (Å²) in [5.74, 6) is 0. The minimum absolute atomic E-state index is 0.00571. The number of nitrogens with one attached hydrogen (secondary N) is 1. The zero-order valence-electron chi connectivity index (χ0n) is 9.39. The number of aromatic nitrogens is 3. The van der Waals surface area contributed by atoms with Crippen LogP contribution < -0.4 is 5.32 Å². The van der Waals surface area contributed by atoms with E-state index in [2.05, 4.69) is 31.3 Å². The highest BCUT2D eigenvalue weighted by Crippen LogP contribution is 2.18. The molecule has 6 heteroatoms. The number of rotatable bonds is 4. The van der Waals surface area contributed by atoms with Crippen molar-refractivity contribution in [3.8, 4) is 0 Å². The quantitative estimate of drug-likeness (QED) is 0.901. The van der Waals surface area contributed by atoms with Crippen molar-refractivity contribution in [2.24, 2.45) is 7.05 Å². The number of anilines is 1. The Morgan fingerprint density at radius 3 is 3.00 bits per heavy atom. The van der Waals surface area contributed by atoms with E-state index in [4.69, 9.17) is 0 Å². The van der Waals surface area contributed by atoms with Crippen molar-refractivity contribution < 1.29 is 5.11 Å². The lowest BCUT2D eigenvalue weighted by atomic mass is 10.2. The van der Waals surface area contributed by atoms with E-state index in [1.54, 1.807) is 23.1 Å². The molecule has 0 spiro atoms. The summed E-state index contributed by atoms with van der Waals surface area (Å²) < 4.78 is 2.71. The van der Waals surface area contributed by atoms with Crippen LogP contribution in [0.15, 0.2) is 29.1 Å². The first-order chi connectivity index (χ1) is 8.20. The molecule has 2 N–H and O–H groups in total. The third-order valence-corrected chi connectivity index (χ3v) is 3.04. The van der Waals surface area contributed by atoms with Gasteiger partial charge in [0.05, 0.1) is 35.2 Å².